The van der Waals surface area contributed by atoms with Crippen LogP contribution in [0.25, 0.3) is 22.3 Å². The average Bonchev–Trinajstić information content (AvgIpc) is 3.32. The second kappa shape index (κ2) is 7.66. The van der Waals surface area contributed by atoms with E-state index < -0.39 is 0 Å². The van der Waals surface area contributed by atoms with Crippen LogP contribution in [0, 0.1) is 6.92 Å². The molecule has 4 aromatic rings. The Morgan fingerprint density at radius 1 is 1.04 bits per heavy atom. The van der Waals surface area contributed by atoms with Gasteiger partial charge in [-0.25, -0.2) is 4.79 Å². The van der Waals surface area contributed by atoms with E-state index in [0.717, 1.165) is 16.1 Å². The molecule has 0 saturated heterocycles. The summed E-state index contributed by atoms with van der Waals surface area (Å²) >= 11 is 1.62. The van der Waals surface area contributed by atoms with E-state index in [4.69, 9.17) is 0 Å². The van der Waals surface area contributed by atoms with Crippen molar-refractivity contribution in [1.29, 1.82) is 0 Å². The van der Waals surface area contributed by atoms with Gasteiger partial charge in [0.1, 0.15) is 0 Å². The van der Waals surface area contributed by atoms with Gasteiger partial charge < -0.3 is 4.98 Å². The number of benzene rings is 2. The summed E-state index contributed by atoms with van der Waals surface area (Å²) in [5.74, 6) is -0.108. The van der Waals surface area contributed by atoms with Crippen LogP contribution in [-0.2, 0) is 0 Å². The fourth-order valence-electron chi connectivity index (χ4n) is 2.93. The lowest BCUT2D eigenvalue weighted by atomic mass is 10.1. The smallest absolute Gasteiger partial charge is 0.305 e. The minimum absolute atomic E-state index is 0.108. The van der Waals surface area contributed by atoms with Gasteiger partial charge in [-0.3, -0.25) is 9.36 Å². The highest BCUT2D eigenvalue weighted by molar-refractivity contribution is 7.15. The van der Waals surface area contributed by atoms with Gasteiger partial charge in [-0.15, -0.1) is 11.3 Å². The van der Waals surface area contributed by atoms with E-state index >= 15 is 0 Å². The van der Waals surface area contributed by atoms with Gasteiger partial charge in [-0.05, 0) is 42.8 Å². The largest absolute Gasteiger partial charge is 0.330 e. The van der Waals surface area contributed by atoms with Gasteiger partial charge in [0.15, 0.2) is 5.78 Å². The summed E-state index contributed by atoms with van der Waals surface area (Å²) in [6, 6.07) is 20.8. The summed E-state index contributed by atoms with van der Waals surface area (Å²) < 4.78 is 1.53. The van der Waals surface area contributed by atoms with Crippen LogP contribution in [0.4, 0.5) is 0 Å². The maximum Gasteiger partial charge on any atom is 0.330 e. The zero-order valence-corrected chi connectivity index (χ0v) is 16.1. The Balaban J connectivity index is 1.62. The van der Waals surface area contributed by atoms with Gasteiger partial charge >= 0.3 is 5.69 Å². The number of imidazole rings is 1. The SMILES string of the molecule is Cc1ccc(-c2cn(-c3cccc(C(=O)C=Cc4ccccc4)c3)c(=O)[nH]2)s1. The molecule has 0 spiro atoms. The van der Waals surface area contributed by atoms with Crippen molar-refractivity contribution in [2.45, 2.75) is 6.92 Å². The number of nitrogens with zero attached hydrogens (tertiary/aromatic N) is 1. The Hall–Kier alpha value is -3.44. The summed E-state index contributed by atoms with van der Waals surface area (Å²) in [5.41, 5.74) is 2.69. The Kier molecular flexibility index (Phi) is 4.91. The predicted octanol–water partition coefficient (Wildman–Crippen LogP) is 5.10. The minimum Gasteiger partial charge on any atom is -0.305 e. The molecule has 2 heterocycles. The number of rotatable bonds is 5. The first-order valence-electron chi connectivity index (χ1n) is 8.86. The number of aromatic nitrogens is 2. The monoisotopic (exact) mass is 386 g/mol. The van der Waals surface area contributed by atoms with Crippen LogP contribution in [-0.4, -0.2) is 15.3 Å². The summed E-state index contributed by atoms with van der Waals surface area (Å²) in [7, 11) is 0. The van der Waals surface area contributed by atoms with Crippen molar-refractivity contribution in [3.8, 4) is 16.3 Å². The molecule has 0 aliphatic heterocycles. The van der Waals surface area contributed by atoms with Crippen LogP contribution in [0.1, 0.15) is 20.8 Å². The minimum atomic E-state index is -0.231. The molecule has 0 unspecified atom stereocenters. The topological polar surface area (TPSA) is 54.9 Å². The first-order valence-corrected chi connectivity index (χ1v) is 9.68. The molecule has 0 aliphatic rings. The predicted molar refractivity (Wildman–Crippen MR) is 114 cm³/mol. The van der Waals surface area contributed by atoms with Crippen LogP contribution in [0.2, 0.25) is 0 Å². The summed E-state index contributed by atoms with van der Waals surface area (Å²) in [6.45, 7) is 2.03. The standard InChI is InChI=1S/C23H18N2O2S/c1-16-10-13-22(28-16)20-15-25(23(27)24-20)19-9-5-8-18(14-19)21(26)12-11-17-6-3-2-4-7-17/h2-15H,1H3,(H,24,27). The molecule has 2 aromatic carbocycles. The lowest BCUT2D eigenvalue weighted by Gasteiger charge is -2.03. The zero-order chi connectivity index (χ0) is 19.5. The maximum absolute atomic E-state index is 12.5. The molecule has 2 aromatic heterocycles. The first-order chi connectivity index (χ1) is 13.6. The number of nitrogens with one attached hydrogen (secondary N) is 1. The molecular formula is C23H18N2O2S. The Morgan fingerprint density at radius 3 is 2.61 bits per heavy atom. The van der Waals surface area contributed by atoms with Crippen LogP contribution < -0.4 is 5.69 Å². The Labute approximate surface area is 166 Å². The van der Waals surface area contributed by atoms with E-state index in [1.54, 1.807) is 47.9 Å². The van der Waals surface area contributed by atoms with Crippen molar-refractivity contribution in [3.63, 3.8) is 0 Å². The van der Waals surface area contributed by atoms with Crippen LogP contribution in [0.3, 0.4) is 0 Å². The fourth-order valence-corrected chi connectivity index (χ4v) is 3.77. The number of carbonyl (C=O) groups excluding carboxylic acids is 1. The van der Waals surface area contributed by atoms with Crippen molar-refractivity contribution in [2.24, 2.45) is 0 Å². The number of hydrogen-bond donors (Lipinski definition) is 1. The van der Waals surface area contributed by atoms with E-state index in [1.165, 1.54) is 9.44 Å². The lowest BCUT2D eigenvalue weighted by Crippen LogP contribution is -2.14. The molecule has 1 N–H and O–H groups in total. The molecule has 0 atom stereocenters. The second-order valence-corrected chi connectivity index (χ2v) is 7.70. The second-order valence-electron chi connectivity index (χ2n) is 6.41. The van der Waals surface area contributed by atoms with Crippen molar-refractivity contribution in [3.05, 3.63) is 105 Å². The number of ketones is 1. The van der Waals surface area contributed by atoms with Gasteiger partial charge in [0.05, 0.1) is 16.3 Å². The molecule has 5 heteroatoms. The normalized spacial score (nSPS) is 11.2. The summed E-state index contributed by atoms with van der Waals surface area (Å²) in [4.78, 5) is 30.0. The van der Waals surface area contributed by atoms with E-state index in [9.17, 15) is 9.59 Å². The van der Waals surface area contributed by atoms with E-state index in [1.807, 2.05) is 55.5 Å². The van der Waals surface area contributed by atoms with Crippen LogP contribution in [0.5, 0.6) is 0 Å². The molecular weight excluding hydrogens is 368 g/mol. The lowest BCUT2D eigenvalue weighted by molar-refractivity contribution is 0.104. The summed E-state index contributed by atoms with van der Waals surface area (Å²) in [5, 5.41) is 0. The maximum atomic E-state index is 12.5. The van der Waals surface area contributed by atoms with Crippen LogP contribution in [0.15, 0.2) is 83.8 Å². The fraction of sp³-hybridized carbons (Fsp3) is 0.0435. The van der Waals surface area contributed by atoms with Gasteiger partial charge in [0.25, 0.3) is 0 Å². The van der Waals surface area contributed by atoms with Crippen molar-refractivity contribution >= 4 is 23.2 Å². The van der Waals surface area contributed by atoms with Crippen molar-refractivity contribution in [2.75, 3.05) is 0 Å². The van der Waals surface area contributed by atoms with E-state index in [2.05, 4.69) is 4.98 Å². The number of allylic oxidation sites excluding steroid dienone is 1. The molecule has 0 aliphatic carbocycles. The molecule has 0 amide bonds. The Morgan fingerprint density at radius 2 is 1.86 bits per heavy atom. The van der Waals surface area contributed by atoms with E-state index in [-0.39, 0.29) is 11.5 Å². The summed E-state index contributed by atoms with van der Waals surface area (Å²) in [6.07, 6.45) is 5.11. The third-order valence-electron chi connectivity index (χ3n) is 4.36. The van der Waals surface area contributed by atoms with Gasteiger partial charge in [-0.2, -0.15) is 0 Å². The quantitative estimate of drug-likeness (QED) is 0.383. The van der Waals surface area contributed by atoms with Gasteiger partial charge in [-0.1, -0.05) is 48.5 Å². The van der Waals surface area contributed by atoms with E-state index in [0.29, 0.717) is 11.3 Å². The number of thiophene rings is 1. The molecule has 138 valence electrons. The zero-order valence-electron chi connectivity index (χ0n) is 15.3. The molecule has 0 bridgehead atoms. The van der Waals surface area contributed by atoms with Gasteiger partial charge in [0, 0.05) is 16.6 Å². The Bertz CT molecular complexity index is 1210. The number of aryl methyl sites for hydroxylation is 1. The number of carbonyl (C=O) groups is 1. The highest BCUT2D eigenvalue weighted by atomic mass is 32.1. The van der Waals surface area contributed by atoms with Crippen molar-refractivity contribution < 1.29 is 4.79 Å². The molecule has 28 heavy (non-hydrogen) atoms. The van der Waals surface area contributed by atoms with Crippen molar-refractivity contribution in [1.82, 2.24) is 9.55 Å². The molecule has 4 rings (SSSR count). The molecule has 0 radical (unpaired) electrons. The number of aromatic amines is 1. The highest BCUT2D eigenvalue weighted by Crippen LogP contribution is 2.26. The first kappa shape index (κ1) is 17.9. The third-order valence-corrected chi connectivity index (χ3v) is 5.39. The third kappa shape index (κ3) is 3.80. The van der Waals surface area contributed by atoms with Gasteiger partial charge in [0.2, 0.25) is 0 Å². The number of hydrogen-bond acceptors (Lipinski definition) is 3. The average molecular weight is 386 g/mol. The molecule has 0 saturated carbocycles. The number of H-pyrrole nitrogens is 1. The molecule has 0 fully saturated rings. The van der Waals surface area contributed by atoms with Crippen LogP contribution >= 0.6 is 11.3 Å². The molecule has 4 nitrogen and oxygen atoms in total. The highest BCUT2D eigenvalue weighted by Gasteiger charge is 2.10.